The van der Waals surface area contributed by atoms with Crippen molar-refractivity contribution in [2.75, 3.05) is 67.6 Å². The summed E-state index contributed by atoms with van der Waals surface area (Å²) in [4.78, 5) is 7.17. The Bertz CT molecular complexity index is 4450. The Kier molecular flexibility index (Phi) is 10.1. The molecule has 10 aromatic carbocycles. The molecule has 0 fully saturated rings. The van der Waals surface area contributed by atoms with Crippen LogP contribution >= 0.6 is 0 Å². The third kappa shape index (κ3) is 7.14. The summed E-state index contributed by atoms with van der Waals surface area (Å²) in [5.41, 5.74) is 18.4. The first-order chi connectivity index (χ1) is 41.3. The van der Waals surface area contributed by atoms with Crippen LogP contribution in [0.15, 0.2) is 186 Å². The second kappa shape index (κ2) is 17.9. The molecule has 7 aliphatic rings. The summed E-state index contributed by atoms with van der Waals surface area (Å²) in [5, 5.41) is 3.26. The van der Waals surface area contributed by atoms with Crippen LogP contribution in [-0.2, 0) is 5.41 Å². The molecule has 12 nitrogen and oxygen atoms in total. The van der Waals surface area contributed by atoms with E-state index >= 15 is 0 Å². The monoisotopic (exact) mass is 1100 g/mol. The molecule has 84 heavy (non-hydrogen) atoms. The molecule has 0 saturated heterocycles. The highest BCUT2D eigenvalue weighted by Crippen LogP contribution is 2.55. The van der Waals surface area contributed by atoms with Crippen LogP contribution in [0.25, 0.3) is 44.2 Å². The van der Waals surface area contributed by atoms with Crippen LogP contribution in [0.4, 0.5) is 51.2 Å². The minimum absolute atomic E-state index is 0.271. The summed E-state index contributed by atoms with van der Waals surface area (Å²) >= 11 is 0. The van der Waals surface area contributed by atoms with Gasteiger partial charge in [-0.05, 0) is 140 Å². The molecule has 0 unspecified atom stereocenters. The minimum Gasteiger partial charge on any atom is -0.486 e. The molecule has 0 N–H and O–H groups in total. The molecule has 0 atom stereocenters. The highest BCUT2D eigenvalue weighted by atomic mass is 16.6. The summed E-state index contributed by atoms with van der Waals surface area (Å²) in [5.74, 6) is 6.37. The van der Waals surface area contributed by atoms with Crippen molar-refractivity contribution < 1.29 is 42.3 Å². The molecule has 13 heteroatoms. The second-order valence-electron chi connectivity index (χ2n) is 22.9. The Labute approximate surface area is 484 Å². The molecule has 0 amide bonds. The highest BCUT2D eigenvalue weighted by molar-refractivity contribution is 7.00. The van der Waals surface area contributed by atoms with E-state index in [1.807, 2.05) is 30.3 Å². The standard InChI is InChI=1S/C71H52BN3O9/c1-71(2)52-9-5-4-8-50(52)51-18-15-46(32-53(51)71)73(45-14-13-41-29-44(12-11-42(41)30-45)63-31-43-7-3-6-10-60(43)84-63)49-33-58-70-59(34-49)75(48-17-20-62-65(36-48)79-24-22-77-62)57-40-69-67(81-26-28-83-69)38-55(57)72(70)54-37-66-68(82-27-25-80-66)39-56(54)74(58)47-16-19-61-64(35-47)78-23-21-76-61/h3-20,29-40H,21-28H2,1-2H3. The lowest BCUT2D eigenvalue weighted by Crippen LogP contribution is -2.61. The Balaban J connectivity index is 0.924. The van der Waals surface area contributed by atoms with Gasteiger partial charge in [-0.3, -0.25) is 0 Å². The average Bonchev–Trinajstić information content (AvgIpc) is 0.995. The molecule has 11 aromatic rings. The number of hydrogen-bond acceptors (Lipinski definition) is 12. The van der Waals surface area contributed by atoms with Gasteiger partial charge in [0.15, 0.2) is 46.0 Å². The smallest absolute Gasteiger partial charge is 0.252 e. The average molecular weight is 1100 g/mol. The van der Waals surface area contributed by atoms with E-state index in [4.69, 9.17) is 42.3 Å². The number of furan rings is 1. The molecule has 1 aromatic heterocycles. The molecule has 0 radical (unpaired) electrons. The van der Waals surface area contributed by atoms with Crippen molar-refractivity contribution in [1.29, 1.82) is 0 Å². The van der Waals surface area contributed by atoms with E-state index in [1.54, 1.807) is 0 Å². The largest absolute Gasteiger partial charge is 0.486 e. The molecule has 408 valence electrons. The lowest BCUT2D eigenvalue weighted by molar-refractivity contribution is 0.171. The lowest BCUT2D eigenvalue weighted by atomic mass is 9.33. The van der Waals surface area contributed by atoms with Gasteiger partial charge >= 0.3 is 0 Å². The van der Waals surface area contributed by atoms with E-state index < -0.39 is 0 Å². The van der Waals surface area contributed by atoms with E-state index in [9.17, 15) is 0 Å². The number of benzene rings is 10. The first-order valence-electron chi connectivity index (χ1n) is 28.9. The topological polar surface area (TPSA) is 96.7 Å². The maximum atomic E-state index is 6.48. The number of fused-ring (bicyclic) bond motifs is 13. The first-order valence-corrected chi connectivity index (χ1v) is 28.9. The summed E-state index contributed by atoms with van der Waals surface area (Å²) in [6.07, 6.45) is 0. The SMILES string of the molecule is CC1(C)c2ccccc2-c2ccc(N(c3cc4c5c(c3)N(c3ccc6c(c3)OCCO6)c3cc6c(cc3B5c3cc5c(cc3N4c3ccc4c(c3)OCCO4)OCCO5)OCCO6)c3ccc4cc(-c5cc6ccccc6o5)ccc4c3)cc21. The van der Waals surface area contributed by atoms with Crippen molar-refractivity contribution in [3.8, 4) is 68.4 Å². The molecular formula is C71H52BN3O9. The Morgan fingerprint density at radius 3 is 1.52 bits per heavy atom. The van der Waals surface area contributed by atoms with Crippen LogP contribution in [-0.4, -0.2) is 59.6 Å². The second-order valence-corrected chi connectivity index (χ2v) is 22.9. The Morgan fingerprint density at radius 2 is 0.893 bits per heavy atom. The fourth-order valence-corrected chi connectivity index (χ4v) is 14.0. The van der Waals surface area contributed by atoms with Gasteiger partial charge in [0.25, 0.3) is 6.71 Å². The normalized spacial score (nSPS) is 15.9. The zero-order valence-electron chi connectivity index (χ0n) is 46.1. The van der Waals surface area contributed by atoms with Gasteiger partial charge in [-0.2, -0.15) is 0 Å². The summed E-state index contributed by atoms with van der Waals surface area (Å²) < 4.78 is 57.4. The number of hydrogen-bond donors (Lipinski definition) is 0. The minimum atomic E-state index is -0.322. The van der Waals surface area contributed by atoms with Gasteiger partial charge in [-0.25, -0.2) is 0 Å². The molecule has 0 spiro atoms. The molecule has 0 bridgehead atoms. The van der Waals surface area contributed by atoms with E-state index in [0.717, 1.165) is 101 Å². The van der Waals surface area contributed by atoms with Gasteiger partial charge in [-0.15, -0.1) is 0 Å². The van der Waals surface area contributed by atoms with E-state index in [0.29, 0.717) is 98.9 Å². The molecule has 6 aliphatic heterocycles. The summed E-state index contributed by atoms with van der Waals surface area (Å²) in [6, 6.07) is 65.5. The summed E-state index contributed by atoms with van der Waals surface area (Å²) in [7, 11) is 0. The predicted molar refractivity (Wildman–Crippen MR) is 329 cm³/mol. The van der Waals surface area contributed by atoms with E-state index in [-0.39, 0.29) is 12.1 Å². The van der Waals surface area contributed by atoms with Crippen LogP contribution in [0.3, 0.4) is 0 Å². The lowest BCUT2D eigenvalue weighted by Gasteiger charge is -2.45. The van der Waals surface area contributed by atoms with Crippen molar-refractivity contribution in [2.45, 2.75) is 19.3 Å². The molecule has 18 rings (SSSR count). The van der Waals surface area contributed by atoms with Crippen LogP contribution < -0.4 is 69.0 Å². The fourth-order valence-electron chi connectivity index (χ4n) is 14.0. The molecule has 0 saturated carbocycles. The van der Waals surface area contributed by atoms with Crippen molar-refractivity contribution in [1.82, 2.24) is 0 Å². The zero-order valence-corrected chi connectivity index (χ0v) is 46.1. The Hall–Kier alpha value is -10.1. The maximum Gasteiger partial charge on any atom is 0.252 e. The quantitative estimate of drug-likeness (QED) is 0.148. The van der Waals surface area contributed by atoms with Crippen molar-refractivity contribution in [3.63, 3.8) is 0 Å². The fraction of sp³-hybridized carbons (Fsp3) is 0.155. The number of para-hydroxylation sites is 1. The van der Waals surface area contributed by atoms with Gasteiger partial charge in [-0.1, -0.05) is 80.6 Å². The predicted octanol–water partition coefficient (Wildman–Crippen LogP) is 14.2. The van der Waals surface area contributed by atoms with Gasteiger partial charge in [0, 0.05) is 74.8 Å². The third-order valence-corrected chi connectivity index (χ3v) is 17.8. The van der Waals surface area contributed by atoms with Crippen LogP contribution in [0.2, 0.25) is 0 Å². The number of nitrogens with zero attached hydrogens (tertiary/aromatic N) is 3. The van der Waals surface area contributed by atoms with Gasteiger partial charge in [0.05, 0.1) is 17.1 Å². The molecule has 7 heterocycles. The van der Waals surface area contributed by atoms with Crippen molar-refractivity contribution in [2.24, 2.45) is 0 Å². The maximum absolute atomic E-state index is 6.48. The number of ether oxygens (including phenoxy) is 8. The zero-order chi connectivity index (χ0) is 55.4. The van der Waals surface area contributed by atoms with Crippen LogP contribution in [0, 0.1) is 0 Å². The summed E-state index contributed by atoms with van der Waals surface area (Å²) in [6.45, 7) is 7.97. The molecule has 1 aliphatic carbocycles. The van der Waals surface area contributed by atoms with E-state index in [1.165, 1.54) is 22.3 Å². The number of anilines is 9. The number of rotatable bonds is 6. The molecular weight excluding hydrogens is 1050 g/mol. The van der Waals surface area contributed by atoms with Gasteiger partial charge in [0.2, 0.25) is 0 Å². The van der Waals surface area contributed by atoms with Crippen LogP contribution in [0.5, 0.6) is 46.0 Å². The van der Waals surface area contributed by atoms with Crippen molar-refractivity contribution in [3.05, 3.63) is 193 Å². The highest BCUT2D eigenvalue weighted by Gasteiger charge is 2.47. The van der Waals surface area contributed by atoms with Crippen LogP contribution in [0.1, 0.15) is 25.0 Å². The Morgan fingerprint density at radius 1 is 0.381 bits per heavy atom. The third-order valence-electron chi connectivity index (χ3n) is 17.8. The van der Waals surface area contributed by atoms with E-state index in [2.05, 4.69) is 180 Å². The van der Waals surface area contributed by atoms with Gasteiger partial charge < -0.3 is 57.0 Å². The van der Waals surface area contributed by atoms with Crippen molar-refractivity contribution >= 4 is 96.0 Å². The first kappa shape index (κ1) is 47.5. The van der Waals surface area contributed by atoms with Gasteiger partial charge in [0.1, 0.15) is 64.2 Å².